The third-order valence-corrected chi connectivity index (χ3v) is 12.4. The van der Waals surface area contributed by atoms with E-state index in [1.54, 1.807) is 0 Å². The number of aliphatic hydroxyl groups is 8. The van der Waals surface area contributed by atoms with Crippen LogP contribution in [-0.2, 0) is 23.7 Å². The van der Waals surface area contributed by atoms with Gasteiger partial charge in [-0.05, 0) is 44.9 Å². The number of rotatable bonds is 38. The molecule has 12 unspecified atom stereocenters. The number of carbonyl (C=O) groups excluding carboxylic acids is 1. The van der Waals surface area contributed by atoms with Crippen molar-refractivity contribution in [3.63, 3.8) is 0 Å². The van der Waals surface area contributed by atoms with E-state index < -0.39 is 86.8 Å². The van der Waals surface area contributed by atoms with Crippen LogP contribution in [0.15, 0.2) is 24.3 Å². The first kappa shape index (κ1) is 57.6. The second kappa shape index (κ2) is 36.6. The van der Waals surface area contributed by atoms with Crippen LogP contribution in [0.3, 0.4) is 0 Å². The predicted octanol–water partition coefficient (Wildman–Crippen LogP) is 6.16. The second-order valence-electron chi connectivity index (χ2n) is 17.9. The van der Waals surface area contributed by atoms with E-state index in [9.17, 15) is 45.6 Å². The molecule has 63 heavy (non-hydrogen) atoms. The second-order valence-corrected chi connectivity index (χ2v) is 17.9. The SMILES string of the molecule is CCCCCC/C=C\C/C=C\CCCCCCCC(=O)NC(COC1OC(CO)C(OC2OC(CO)C(O)C(O)C2O)C(O)C1O)C(O)CCCCCCCCCCCCCCC. The standard InChI is InChI=1S/C49H91NO13/c1-3-5-7-9-11-13-15-17-18-19-21-23-25-27-29-31-33-41(54)50-37(38(53)32-30-28-26-24-22-20-16-14-12-10-8-6-4-2)36-60-48-46(59)44(57)47(40(35-52)62-48)63-49-45(58)43(56)42(55)39(34-51)61-49/h13,15,18-19,37-40,42-49,51-53,55-59H,3-12,14,16-17,20-36H2,1-2H3,(H,50,54)/b15-13-,19-18-. The lowest BCUT2D eigenvalue weighted by Gasteiger charge is -2.46. The quantitative estimate of drug-likeness (QED) is 0.0250. The summed E-state index contributed by atoms with van der Waals surface area (Å²) in [7, 11) is 0. The number of unbranched alkanes of at least 4 members (excludes halogenated alkanes) is 21. The predicted molar refractivity (Wildman–Crippen MR) is 245 cm³/mol. The van der Waals surface area contributed by atoms with Gasteiger partial charge in [0.15, 0.2) is 12.6 Å². The van der Waals surface area contributed by atoms with Crippen LogP contribution in [0, 0.1) is 0 Å². The number of aliphatic hydroxyl groups excluding tert-OH is 8. The molecule has 0 aromatic rings. The molecule has 0 spiro atoms. The first-order chi connectivity index (χ1) is 30.6. The Balaban J connectivity index is 1.85. The molecular weight excluding hydrogens is 811 g/mol. The summed E-state index contributed by atoms with van der Waals surface area (Å²) in [5.41, 5.74) is 0. The van der Waals surface area contributed by atoms with Gasteiger partial charge in [-0.15, -0.1) is 0 Å². The average Bonchev–Trinajstić information content (AvgIpc) is 3.28. The van der Waals surface area contributed by atoms with Crippen molar-refractivity contribution < 1.29 is 64.6 Å². The summed E-state index contributed by atoms with van der Waals surface area (Å²) >= 11 is 0. The Morgan fingerprint density at radius 2 is 1.05 bits per heavy atom. The van der Waals surface area contributed by atoms with Gasteiger partial charge in [0, 0.05) is 6.42 Å². The van der Waals surface area contributed by atoms with Crippen LogP contribution in [0.25, 0.3) is 0 Å². The molecule has 0 radical (unpaired) electrons. The molecule has 0 aliphatic carbocycles. The van der Waals surface area contributed by atoms with Crippen LogP contribution in [0.5, 0.6) is 0 Å². The highest BCUT2D eigenvalue weighted by Gasteiger charge is 2.51. The van der Waals surface area contributed by atoms with Gasteiger partial charge in [0.2, 0.25) is 5.91 Å². The zero-order valence-electron chi connectivity index (χ0n) is 39.1. The molecule has 2 aliphatic rings. The molecule has 2 aliphatic heterocycles. The Bertz CT molecular complexity index is 1160. The molecule has 2 rings (SSSR count). The number of hydrogen-bond acceptors (Lipinski definition) is 13. The van der Waals surface area contributed by atoms with E-state index in [2.05, 4.69) is 43.5 Å². The summed E-state index contributed by atoms with van der Waals surface area (Å²) in [4.78, 5) is 13.2. The molecule has 2 fully saturated rings. The molecular formula is C49H91NO13. The first-order valence-corrected chi connectivity index (χ1v) is 25.1. The third kappa shape index (κ3) is 24.2. The van der Waals surface area contributed by atoms with Gasteiger partial charge < -0.3 is 65.1 Å². The fourth-order valence-electron chi connectivity index (χ4n) is 8.27. The minimum absolute atomic E-state index is 0.222. The highest BCUT2D eigenvalue weighted by Crippen LogP contribution is 2.30. The Labute approximate surface area is 379 Å². The van der Waals surface area contributed by atoms with Crippen LogP contribution in [0.1, 0.15) is 187 Å². The van der Waals surface area contributed by atoms with Gasteiger partial charge in [-0.3, -0.25) is 4.79 Å². The van der Waals surface area contributed by atoms with Crippen molar-refractivity contribution >= 4 is 5.91 Å². The molecule has 0 saturated carbocycles. The largest absolute Gasteiger partial charge is 0.394 e. The minimum atomic E-state index is -1.78. The number of ether oxygens (including phenoxy) is 4. The lowest BCUT2D eigenvalue weighted by molar-refractivity contribution is -0.359. The van der Waals surface area contributed by atoms with E-state index in [0.29, 0.717) is 12.8 Å². The maximum Gasteiger partial charge on any atom is 0.220 e. The molecule has 370 valence electrons. The molecule has 0 bridgehead atoms. The van der Waals surface area contributed by atoms with Gasteiger partial charge in [-0.2, -0.15) is 0 Å². The molecule has 1 amide bonds. The number of nitrogens with one attached hydrogen (secondary N) is 1. The summed E-state index contributed by atoms with van der Waals surface area (Å²) in [6.07, 6.45) is 21.7. The number of amides is 1. The number of allylic oxidation sites excluding steroid dienone is 4. The van der Waals surface area contributed by atoms with E-state index in [1.807, 2.05) is 0 Å². The van der Waals surface area contributed by atoms with Crippen LogP contribution in [0.4, 0.5) is 0 Å². The lowest BCUT2D eigenvalue weighted by atomic mass is 9.97. The van der Waals surface area contributed by atoms with E-state index in [0.717, 1.165) is 70.6 Å². The summed E-state index contributed by atoms with van der Waals surface area (Å²) in [5, 5.41) is 86.8. The van der Waals surface area contributed by atoms with Gasteiger partial charge in [0.25, 0.3) is 0 Å². The summed E-state index contributed by atoms with van der Waals surface area (Å²) in [5.74, 6) is -0.222. The average molecular weight is 902 g/mol. The Kier molecular flexibility index (Phi) is 33.4. The lowest BCUT2D eigenvalue weighted by Crippen LogP contribution is -2.65. The number of hydrogen-bond donors (Lipinski definition) is 9. The van der Waals surface area contributed by atoms with Crippen molar-refractivity contribution in [2.75, 3.05) is 19.8 Å². The van der Waals surface area contributed by atoms with E-state index in [4.69, 9.17) is 18.9 Å². The Morgan fingerprint density at radius 3 is 1.60 bits per heavy atom. The van der Waals surface area contributed by atoms with Crippen molar-refractivity contribution in [3.05, 3.63) is 24.3 Å². The van der Waals surface area contributed by atoms with Crippen LogP contribution in [0.2, 0.25) is 0 Å². The fraction of sp³-hybridized carbons (Fsp3) is 0.898. The number of carbonyl (C=O) groups is 1. The molecule has 2 saturated heterocycles. The molecule has 14 heteroatoms. The summed E-state index contributed by atoms with van der Waals surface area (Å²) in [6.45, 7) is 2.81. The van der Waals surface area contributed by atoms with Crippen molar-refractivity contribution in [2.45, 2.75) is 261 Å². The summed E-state index contributed by atoms with van der Waals surface area (Å²) in [6, 6.07) is -0.832. The Hall–Kier alpha value is -1.53. The third-order valence-electron chi connectivity index (χ3n) is 12.4. The Morgan fingerprint density at radius 1 is 0.571 bits per heavy atom. The van der Waals surface area contributed by atoms with Crippen LogP contribution in [-0.4, -0.2) is 140 Å². The van der Waals surface area contributed by atoms with Crippen molar-refractivity contribution in [3.8, 4) is 0 Å². The van der Waals surface area contributed by atoms with Gasteiger partial charge >= 0.3 is 0 Å². The van der Waals surface area contributed by atoms with Gasteiger partial charge in [-0.1, -0.05) is 160 Å². The maximum atomic E-state index is 13.2. The highest BCUT2D eigenvalue weighted by atomic mass is 16.7. The minimum Gasteiger partial charge on any atom is -0.394 e. The van der Waals surface area contributed by atoms with E-state index in [1.165, 1.54) is 83.5 Å². The van der Waals surface area contributed by atoms with Crippen LogP contribution >= 0.6 is 0 Å². The van der Waals surface area contributed by atoms with Gasteiger partial charge in [-0.25, -0.2) is 0 Å². The highest BCUT2D eigenvalue weighted by molar-refractivity contribution is 5.76. The molecule has 0 aromatic carbocycles. The monoisotopic (exact) mass is 902 g/mol. The normalized spacial score (nSPS) is 27.7. The molecule has 12 atom stereocenters. The smallest absolute Gasteiger partial charge is 0.220 e. The fourth-order valence-corrected chi connectivity index (χ4v) is 8.27. The van der Waals surface area contributed by atoms with E-state index >= 15 is 0 Å². The van der Waals surface area contributed by atoms with Gasteiger partial charge in [0.05, 0.1) is 32.0 Å². The van der Waals surface area contributed by atoms with Crippen LogP contribution < -0.4 is 5.32 Å². The van der Waals surface area contributed by atoms with Gasteiger partial charge in [0.1, 0.15) is 48.8 Å². The molecule has 14 nitrogen and oxygen atoms in total. The molecule has 0 aromatic heterocycles. The van der Waals surface area contributed by atoms with Crippen molar-refractivity contribution in [1.82, 2.24) is 5.32 Å². The topological polar surface area (TPSA) is 228 Å². The summed E-state index contributed by atoms with van der Waals surface area (Å²) < 4.78 is 22.7. The van der Waals surface area contributed by atoms with Crippen molar-refractivity contribution in [1.29, 1.82) is 0 Å². The first-order valence-electron chi connectivity index (χ1n) is 25.1. The van der Waals surface area contributed by atoms with E-state index in [-0.39, 0.29) is 18.9 Å². The zero-order chi connectivity index (χ0) is 46.1. The molecule has 9 N–H and O–H groups in total. The molecule has 2 heterocycles. The van der Waals surface area contributed by atoms with Crippen molar-refractivity contribution in [2.24, 2.45) is 0 Å². The maximum absolute atomic E-state index is 13.2. The zero-order valence-corrected chi connectivity index (χ0v) is 39.1.